The van der Waals surface area contributed by atoms with Crippen LogP contribution in [0.1, 0.15) is 44.6 Å². The first-order valence-electron chi connectivity index (χ1n) is 6.65. The van der Waals surface area contributed by atoms with Crippen LogP contribution in [0.4, 0.5) is 0 Å². The molecule has 1 nitrogen and oxygen atoms in total. The van der Waals surface area contributed by atoms with E-state index in [-0.39, 0.29) is 0 Å². The second-order valence-electron chi connectivity index (χ2n) is 4.85. The summed E-state index contributed by atoms with van der Waals surface area (Å²) in [4.78, 5) is 0. The van der Waals surface area contributed by atoms with Crippen molar-refractivity contribution in [3.05, 3.63) is 35.9 Å². The summed E-state index contributed by atoms with van der Waals surface area (Å²) in [6.07, 6.45) is 4.07. The van der Waals surface area contributed by atoms with Gasteiger partial charge in [-0.05, 0) is 43.2 Å². The molecule has 1 aliphatic rings. The van der Waals surface area contributed by atoms with Crippen LogP contribution in [0.25, 0.3) is 0 Å². The number of nitrogens with one attached hydrogen (secondary N) is 1. The molecule has 88 valence electrons. The smallest absolute Gasteiger partial charge is 0.0164 e. The molecule has 0 aliphatic heterocycles. The lowest BCUT2D eigenvalue weighted by Gasteiger charge is -2.27. The Balaban J connectivity index is 2.13. The molecule has 0 saturated heterocycles. The molecule has 1 saturated carbocycles. The fourth-order valence-electron chi connectivity index (χ4n) is 2.73. The first kappa shape index (κ1) is 11.7. The fourth-order valence-corrected chi connectivity index (χ4v) is 2.73. The third-order valence-electron chi connectivity index (χ3n) is 3.67. The fraction of sp³-hybridized carbons (Fsp3) is 0.600. The third-order valence-corrected chi connectivity index (χ3v) is 3.67. The molecule has 1 aliphatic carbocycles. The van der Waals surface area contributed by atoms with Crippen molar-refractivity contribution in [3.8, 4) is 0 Å². The van der Waals surface area contributed by atoms with Gasteiger partial charge in [0.15, 0.2) is 0 Å². The summed E-state index contributed by atoms with van der Waals surface area (Å²) < 4.78 is 0. The van der Waals surface area contributed by atoms with Gasteiger partial charge in [0.1, 0.15) is 0 Å². The van der Waals surface area contributed by atoms with Crippen LogP contribution >= 0.6 is 0 Å². The van der Waals surface area contributed by atoms with E-state index in [0.717, 1.165) is 12.5 Å². The minimum atomic E-state index is 0.689. The maximum atomic E-state index is 3.69. The molecule has 0 aromatic heterocycles. The number of likely N-dealkylation sites (N-methyl/N-ethyl adjacent to an activating group) is 1. The Labute approximate surface area is 99.3 Å². The van der Waals surface area contributed by atoms with Crippen LogP contribution in [0.2, 0.25) is 0 Å². The minimum absolute atomic E-state index is 0.689. The first-order valence-corrected chi connectivity index (χ1v) is 6.65. The van der Waals surface area contributed by atoms with Gasteiger partial charge >= 0.3 is 0 Å². The summed E-state index contributed by atoms with van der Waals surface area (Å²) in [6.45, 7) is 5.61. The zero-order valence-corrected chi connectivity index (χ0v) is 10.4. The highest BCUT2D eigenvalue weighted by Crippen LogP contribution is 2.40. The molecule has 0 radical (unpaired) electrons. The first-order chi connectivity index (χ1) is 7.86. The highest BCUT2D eigenvalue weighted by Gasteiger charge is 2.35. The zero-order valence-electron chi connectivity index (χ0n) is 10.4. The van der Waals surface area contributed by atoms with Crippen LogP contribution in [0, 0.1) is 5.92 Å². The lowest BCUT2D eigenvalue weighted by Crippen LogP contribution is -2.36. The molecule has 1 N–H and O–H groups in total. The van der Waals surface area contributed by atoms with Crippen molar-refractivity contribution in [2.75, 3.05) is 6.54 Å². The van der Waals surface area contributed by atoms with Crippen LogP contribution < -0.4 is 5.32 Å². The van der Waals surface area contributed by atoms with Crippen molar-refractivity contribution < 1.29 is 0 Å². The van der Waals surface area contributed by atoms with E-state index >= 15 is 0 Å². The molecule has 1 heteroatoms. The molecule has 1 fully saturated rings. The van der Waals surface area contributed by atoms with Gasteiger partial charge < -0.3 is 5.32 Å². The quantitative estimate of drug-likeness (QED) is 0.768. The van der Waals surface area contributed by atoms with Gasteiger partial charge in [0.25, 0.3) is 0 Å². The Morgan fingerprint density at radius 2 is 1.88 bits per heavy atom. The van der Waals surface area contributed by atoms with Gasteiger partial charge in [-0.3, -0.25) is 0 Å². The van der Waals surface area contributed by atoms with Gasteiger partial charge in [-0.25, -0.2) is 0 Å². The van der Waals surface area contributed by atoms with E-state index in [9.17, 15) is 0 Å². The Kier molecular flexibility index (Phi) is 4.00. The van der Waals surface area contributed by atoms with Crippen LogP contribution in [-0.2, 0) is 0 Å². The predicted molar refractivity (Wildman–Crippen MR) is 69.7 cm³/mol. The highest BCUT2D eigenvalue weighted by molar-refractivity contribution is 5.22. The molecular formula is C15H23N. The average molecular weight is 217 g/mol. The maximum Gasteiger partial charge on any atom is 0.0164 e. The van der Waals surface area contributed by atoms with Crippen molar-refractivity contribution in [3.63, 3.8) is 0 Å². The maximum absolute atomic E-state index is 3.69. The summed E-state index contributed by atoms with van der Waals surface area (Å²) in [5, 5.41) is 3.69. The SMILES string of the molecule is CCNC(C1CC1)C(CC)c1ccccc1. The molecule has 0 spiro atoms. The van der Waals surface area contributed by atoms with E-state index in [4.69, 9.17) is 0 Å². The highest BCUT2D eigenvalue weighted by atomic mass is 14.9. The summed E-state index contributed by atoms with van der Waals surface area (Å²) in [5.74, 6) is 1.61. The van der Waals surface area contributed by atoms with Crippen LogP contribution in [0.3, 0.4) is 0 Å². The Bertz CT molecular complexity index is 302. The average Bonchev–Trinajstić information content (AvgIpc) is 3.14. The molecule has 0 bridgehead atoms. The van der Waals surface area contributed by atoms with E-state index in [1.807, 2.05) is 0 Å². The van der Waals surface area contributed by atoms with Crippen LogP contribution in [0.15, 0.2) is 30.3 Å². The van der Waals surface area contributed by atoms with Gasteiger partial charge in [0, 0.05) is 6.04 Å². The van der Waals surface area contributed by atoms with Crippen molar-refractivity contribution in [2.24, 2.45) is 5.92 Å². The minimum Gasteiger partial charge on any atom is -0.313 e. The molecule has 0 heterocycles. The van der Waals surface area contributed by atoms with Crippen molar-refractivity contribution in [2.45, 2.75) is 45.1 Å². The van der Waals surface area contributed by atoms with E-state index in [2.05, 4.69) is 49.5 Å². The molecule has 0 amide bonds. The van der Waals surface area contributed by atoms with Gasteiger partial charge in [-0.1, -0.05) is 44.2 Å². The molecule has 2 rings (SSSR count). The Hall–Kier alpha value is -0.820. The lowest BCUT2D eigenvalue weighted by atomic mass is 9.86. The molecule has 16 heavy (non-hydrogen) atoms. The third kappa shape index (κ3) is 2.65. The molecule has 2 unspecified atom stereocenters. The number of hydrogen-bond acceptors (Lipinski definition) is 1. The zero-order chi connectivity index (χ0) is 11.4. The molecular weight excluding hydrogens is 194 g/mol. The van der Waals surface area contributed by atoms with Crippen molar-refractivity contribution in [1.82, 2.24) is 5.32 Å². The number of benzene rings is 1. The van der Waals surface area contributed by atoms with Crippen LogP contribution in [-0.4, -0.2) is 12.6 Å². The van der Waals surface area contributed by atoms with Crippen molar-refractivity contribution in [1.29, 1.82) is 0 Å². The monoisotopic (exact) mass is 217 g/mol. The lowest BCUT2D eigenvalue weighted by molar-refractivity contribution is 0.390. The Morgan fingerprint density at radius 3 is 2.38 bits per heavy atom. The van der Waals surface area contributed by atoms with Crippen LogP contribution in [0.5, 0.6) is 0 Å². The van der Waals surface area contributed by atoms with E-state index in [1.54, 1.807) is 0 Å². The van der Waals surface area contributed by atoms with Gasteiger partial charge in [-0.15, -0.1) is 0 Å². The molecule has 1 aromatic rings. The van der Waals surface area contributed by atoms with Crippen molar-refractivity contribution >= 4 is 0 Å². The van der Waals surface area contributed by atoms with E-state index in [0.29, 0.717) is 12.0 Å². The molecule has 1 aromatic carbocycles. The summed E-state index contributed by atoms with van der Waals surface area (Å²) in [7, 11) is 0. The summed E-state index contributed by atoms with van der Waals surface area (Å²) in [6, 6.07) is 11.7. The summed E-state index contributed by atoms with van der Waals surface area (Å²) in [5.41, 5.74) is 1.50. The van der Waals surface area contributed by atoms with Gasteiger partial charge in [-0.2, -0.15) is 0 Å². The standard InChI is InChI=1S/C15H23N/c1-3-14(12-8-6-5-7-9-12)15(16-4-2)13-10-11-13/h5-9,13-16H,3-4,10-11H2,1-2H3. The topological polar surface area (TPSA) is 12.0 Å². The van der Waals surface area contributed by atoms with Gasteiger partial charge in [0.2, 0.25) is 0 Å². The summed E-state index contributed by atoms with van der Waals surface area (Å²) >= 11 is 0. The Morgan fingerprint density at radius 1 is 1.19 bits per heavy atom. The normalized spacial score (nSPS) is 19.4. The molecule has 2 atom stereocenters. The second-order valence-corrected chi connectivity index (χ2v) is 4.85. The second kappa shape index (κ2) is 5.49. The predicted octanol–water partition coefficient (Wildman–Crippen LogP) is 3.57. The van der Waals surface area contributed by atoms with E-state index in [1.165, 1.54) is 24.8 Å². The van der Waals surface area contributed by atoms with Gasteiger partial charge in [0.05, 0.1) is 0 Å². The van der Waals surface area contributed by atoms with E-state index < -0.39 is 0 Å². The number of hydrogen-bond donors (Lipinski definition) is 1. The largest absolute Gasteiger partial charge is 0.313 e. The number of rotatable bonds is 6.